The van der Waals surface area contributed by atoms with E-state index < -0.39 is 0 Å². The zero-order valence-electron chi connectivity index (χ0n) is 12.1. The molecule has 0 aliphatic carbocycles. The largest absolute Gasteiger partial charge is 0.378 e. The fourth-order valence-corrected chi connectivity index (χ4v) is 1.98. The van der Waals surface area contributed by atoms with Crippen LogP contribution in [0.3, 0.4) is 0 Å². The van der Waals surface area contributed by atoms with Gasteiger partial charge >= 0.3 is 0 Å². The highest BCUT2D eigenvalue weighted by atomic mass is 15.3. The second kappa shape index (κ2) is 6.20. The van der Waals surface area contributed by atoms with Crippen LogP contribution in [0, 0.1) is 24.2 Å². The van der Waals surface area contributed by atoms with E-state index in [0.717, 1.165) is 23.6 Å². The van der Waals surface area contributed by atoms with Gasteiger partial charge in [-0.15, -0.1) is 0 Å². The van der Waals surface area contributed by atoms with Crippen LogP contribution in [0.4, 0.5) is 5.69 Å². The summed E-state index contributed by atoms with van der Waals surface area (Å²) >= 11 is 0. The SMILES string of the molecule is Cc1ccc(C#N)cc1NCc1ncnn1CC(C)C. The molecular weight excluding hydrogens is 250 g/mol. The van der Waals surface area contributed by atoms with Crippen molar-refractivity contribution in [3.8, 4) is 6.07 Å². The van der Waals surface area contributed by atoms with Crippen molar-refractivity contribution in [2.24, 2.45) is 5.92 Å². The monoisotopic (exact) mass is 269 g/mol. The lowest BCUT2D eigenvalue weighted by Gasteiger charge is -2.11. The topological polar surface area (TPSA) is 66.5 Å². The molecule has 2 rings (SSSR count). The summed E-state index contributed by atoms with van der Waals surface area (Å²) in [4.78, 5) is 4.28. The van der Waals surface area contributed by atoms with Crippen molar-refractivity contribution in [3.63, 3.8) is 0 Å². The Morgan fingerprint density at radius 2 is 2.20 bits per heavy atom. The van der Waals surface area contributed by atoms with Crippen LogP contribution in [0.2, 0.25) is 0 Å². The number of anilines is 1. The smallest absolute Gasteiger partial charge is 0.146 e. The third kappa shape index (κ3) is 3.35. The number of hydrogen-bond donors (Lipinski definition) is 1. The van der Waals surface area contributed by atoms with E-state index in [1.54, 1.807) is 6.33 Å². The summed E-state index contributed by atoms with van der Waals surface area (Å²) in [6.45, 7) is 7.78. The highest BCUT2D eigenvalue weighted by molar-refractivity contribution is 5.55. The molecule has 0 bridgehead atoms. The van der Waals surface area contributed by atoms with E-state index in [-0.39, 0.29) is 0 Å². The number of hydrogen-bond acceptors (Lipinski definition) is 4. The lowest BCUT2D eigenvalue weighted by Crippen LogP contribution is -2.13. The first-order valence-electron chi connectivity index (χ1n) is 6.71. The molecule has 0 saturated heterocycles. The van der Waals surface area contributed by atoms with E-state index >= 15 is 0 Å². The summed E-state index contributed by atoms with van der Waals surface area (Å²) in [5, 5.41) is 16.5. The number of benzene rings is 1. The highest BCUT2D eigenvalue weighted by Crippen LogP contribution is 2.17. The van der Waals surface area contributed by atoms with Gasteiger partial charge in [0, 0.05) is 12.2 Å². The molecular formula is C15H19N5. The molecule has 1 aromatic heterocycles. The number of nitrogens with one attached hydrogen (secondary N) is 1. The standard InChI is InChI=1S/C15H19N5/c1-11(2)9-20-15(18-10-19-20)8-17-14-6-13(7-16)5-4-12(14)3/h4-6,10-11,17H,8-9H2,1-3H3. The van der Waals surface area contributed by atoms with Gasteiger partial charge in [-0.2, -0.15) is 10.4 Å². The van der Waals surface area contributed by atoms with Crippen molar-refractivity contribution in [3.05, 3.63) is 41.5 Å². The molecule has 2 aromatic rings. The molecule has 0 aliphatic rings. The Kier molecular flexibility index (Phi) is 4.36. The lowest BCUT2D eigenvalue weighted by molar-refractivity contribution is 0.468. The summed E-state index contributed by atoms with van der Waals surface area (Å²) in [7, 11) is 0. The molecule has 1 N–H and O–H groups in total. The molecule has 0 aliphatic heterocycles. The average molecular weight is 269 g/mol. The summed E-state index contributed by atoms with van der Waals surface area (Å²) in [5.74, 6) is 1.43. The summed E-state index contributed by atoms with van der Waals surface area (Å²) in [6, 6.07) is 7.78. The minimum Gasteiger partial charge on any atom is -0.378 e. The van der Waals surface area contributed by atoms with Gasteiger partial charge in [0.25, 0.3) is 0 Å². The van der Waals surface area contributed by atoms with E-state index in [1.165, 1.54) is 0 Å². The molecule has 0 radical (unpaired) electrons. The van der Waals surface area contributed by atoms with E-state index in [9.17, 15) is 0 Å². The summed E-state index contributed by atoms with van der Waals surface area (Å²) in [5.41, 5.74) is 2.73. The normalized spacial score (nSPS) is 10.6. The van der Waals surface area contributed by atoms with Gasteiger partial charge < -0.3 is 5.32 Å². The fraction of sp³-hybridized carbons (Fsp3) is 0.400. The molecule has 1 heterocycles. The van der Waals surface area contributed by atoms with Gasteiger partial charge in [-0.25, -0.2) is 9.67 Å². The Bertz CT molecular complexity index is 621. The Morgan fingerprint density at radius 1 is 1.40 bits per heavy atom. The van der Waals surface area contributed by atoms with Crippen LogP contribution >= 0.6 is 0 Å². The minimum atomic E-state index is 0.527. The summed E-state index contributed by atoms with van der Waals surface area (Å²) in [6.07, 6.45) is 1.58. The molecule has 0 amide bonds. The second-order valence-corrected chi connectivity index (χ2v) is 5.25. The maximum absolute atomic E-state index is 8.94. The van der Waals surface area contributed by atoms with Crippen LogP contribution < -0.4 is 5.32 Å². The maximum atomic E-state index is 8.94. The van der Waals surface area contributed by atoms with Crippen molar-refractivity contribution < 1.29 is 0 Å². The van der Waals surface area contributed by atoms with Crippen molar-refractivity contribution in [1.29, 1.82) is 5.26 Å². The van der Waals surface area contributed by atoms with E-state index in [4.69, 9.17) is 5.26 Å². The molecule has 104 valence electrons. The van der Waals surface area contributed by atoms with Crippen LogP contribution in [-0.4, -0.2) is 14.8 Å². The molecule has 5 nitrogen and oxygen atoms in total. The third-order valence-electron chi connectivity index (χ3n) is 3.04. The molecule has 0 saturated carbocycles. The molecule has 5 heteroatoms. The zero-order valence-corrected chi connectivity index (χ0v) is 12.1. The van der Waals surface area contributed by atoms with Crippen LogP contribution in [0.1, 0.15) is 30.8 Å². The number of rotatable bonds is 5. The van der Waals surface area contributed by atoms with Gasteiger partial charge in [0.1, 0.15) is 12.2 Å². The van der Waals surface area contributed by atoms with Gasteiger partial charge in [-0.1, -0.05) is 19.9 Å². The number of nitriles is 1. The van der Waals surface area contributed by atoms with E-state index in [0.29, 0.717) is 18.0 Å². The minimum absolute atomic E-state index is 0.527. The van der Waals surface area contributed by atoms with Crippen molar-refractivity contribution in [2.45, 2.75) is 33.9 Å². The predicted octanol–water partition coefficient (Wildman–Crippen LogP) is 2.73. The summed E-state index contributed by atoms with van der Waals surface area (Å²) < 4.78 is 1.92. The van der Waals surface area contributed by atoms with E-state index in [2.05, 4.69) is 35.3 Å². The molecule has 20 heavy (non-hydrogen) atoms. The van der Waals surface area contributed by atoms with Gasteiger partial charge in [0.2, 0.25) is 0 Å². The van der Waals surface area contributed by atoms with Crippen LogP contribution in [-0.2, 0) is 13.1 Å². The lowest BCUT2D eigenvalue weighted by atomic mass is 10.1. The van der Waals surface area contributed by atoms with Gasteiger partial charge in [-0.05, 0) is 30.5 Å². The van der Waals surface area contributed by atoms with Gasteiger partial charge in [0.15, 0.2) is 0 Å². The number of nitrogens with zero attached hydrogens (tertiary/aromatic N) is 4. The predicted molar refractivity (Wildman–Crippen MR) is 78.1 cm³/mol. The third-order valence-corrected chi connectivity index (χ3v) is 3.04. The Labute approximate surface area is 119 Å². The van der Waals surface area contributed by atoms with Crippen LogP contribution in [0.25, 0.3) is 0 Å². The van der Waals surface area contributed by atoms with Gasteiger partial charge in [0.05, 0.1) is 18.2 Å². The van der Waals surface area contributed by atoms with Crippen LogP contribution in [0.5, 0.6) is 0 Å². The Morgan fingerprint density at radius 3 is 2.90 bits per heavy atom. The second-order valence-electron chi connectivity index (χ2n) is 5.25. The van der Waals surface area contributed by atoms with Crippen molar-refractivity contribution >= 4 is 5.69 Å². The average Bonchev–Trinajstić information content (AvgIpc) is 2.84. The fourth-order valence-electron chi connectivity index (χ4n) is 1.98. The van der Waals surface area contributed by atoms with Crippen molar-refractivity contribution in [2.75, 3.05) is 5.32 Å². The molecule has 0 fully saturated rings. The Hall–Kier alpha value is -2.35. The Balaban J connectivity index is 2.09. The van der Waals surface area contributed by atoms with Gasteiger partial charge in [-0.3, -0.25) is 0 Å². The molecule has 0 unspecified atom stereocenters. The number of aryl methyl sites for hydroxylation is 1. The van der Waals surface area contributed by atoms with E-state index in [1.807, 2.05) is 29.8 Å². The first-order valence-corrected chi connectivity index (χ1v) is 6.71. The quantitative estimate of drug-likeness (QED) is 0.906. The first kappa shape index (κ1) is 14.1. The number of aromatic nitrogens is 3. The molecule has 1 aromatic carbocycles. The molecule has 0 atom stereocenters. The van der Waals surface area contributed by atoms with Crippen molar-refractivity contribution in [1.82, 2.24) is 14.8 Å². The highest BCUT2D eigenvalue weighted by Gasteiger charge is 2.07. The first-order chi connectivity index (χ1) is 9.60. The van der Waals surface area contributed by atoms with Crippen LogP contribution in [0.15, 0.2) is 24.5 Å². The zero-order chi connectivity index (χ0) is 14.5. The molecule has 0 spiro atoms. The maximum Gasteiger partial charge on any atom is 0.146 e.